The number of nitrogen functional groups attached to an aromatic ring is 1. The first-order valence-corrected chi connectivity index (χ1v) is 13.8. The topological polar surface area (TPSA) is 129 Å². The number of ether oxygens (including phenoxy) is 2. The summed E-state index contributed by atoms with van der Waals surface area (Å²) in [4.78, 5) is 37.8. The number of halogens is 2. The summed E-state index contributed by atoms with van der Waals surface area (Å²) in [6, 6.07) is 5.43. The molecule has 0 spiro atoms. The first-order chi connectivity index (χ1) is 19.0. The predicted molar refractivity (Wildman–Crippen MR) is 160 cm³/mol. The number of aromatic nitrogens is 4. The van der Waals surface area contributed by atoms with Crippen LogP contribution in [0.2, 0.25) is 10.3 Å². The summed E-state index contributed by atoms with van der Waals surface area (Å²) < 4.78 is 13.0. The van der Waals surface area contributed by atoms with Gasteiger partial charge in [0, 0.05) is 37.1 Å². The summed E-state index contributed by atoms with van der Waals surface area (Å²) in [5, 5.41) is 4.55. The number of nitrogens with two attached hydrogens (primary N) is 1. The maximum atomic E-state index is 13.5. The van der Waals surface area contributed by atoms with Crippen molar-refractivity contribution < 1.29 is 19.1 Å². The van der Waals surface area contributed by atoms with Crippen molar-refractivity contribution in [2.45, 2.75) is 66.2 Å². The number of carbonyl (C=O) groups excluding carboxylic acids is 2. The Bertz CT molecular complexity index is 1380. The lowest BCUT2D eigenvalue weighted by Gasteiger charge is -2.31. The molecule has 13 heteroatoms. The molecule has 2 heterocycles. The van der Waals surface area contributed by atoms with Crippen LogP contribution in [0.3, 0.4) is 0 Å². The zero-order valence-electron chi connectivity index (χ0n) is 24.4. The Kier molecular flexibility index (Phi) is 10.1. The highest BCUT2D eigenvalue weighted by atomic mass is 35.5. The zero-order chi connectivity index (χ0) is 30.5. The van der Waals surface area contributed by atoms with Crippen molar-refractivity contribution in [1.29, 1.82) is 0 Å². The molecule has 0 atom stereocenters. The van der Waals surface area contributed by atoms with Gasteiger partial charge in [-0.15, -0.1) is 0 Å². The normalized spacial score (nSPS) is 11.7. The van der Waals surface area contributed by atoms with Crippen LogP contribution < -0.4 is 10.6 Å². The fourth-order valence-electron chi connectivity index (χ4n) is 3.78. The highest BCUT2D eigenvalue weighted by Gasteiger charge is 2.27. The molecule has 2 N–H and O–H groups in total. The molecular formula is C28H37Cl2N7O4. The lowest BCUT2D eigenvalue weighted by atomic mass is 10.0. The second kappa shape index (κ2) is 12.9. The van der Waals surface area contributed by atoms with Crippen LogP contribution in [0.4, 0.5) is 21.0 Å². The van der Waals surface area contributed by atoms with E-state index in [9.17, 15) is 9.59 Å². The summed E-state index contributed by atoms with van der Waals surface area (Å²) >= 11 is 12.5. The van der Waals surface area contributed by atoms with E-state index in [-0.39, 0.29) is 24.9 Å². The maximum Gasteiger partial charge on any atom is 0.414 e. The monoisotopic (exact) mass is 605 g/mol. The third kappa shape index (κ3) is 9.50. The van der Waals surface area contributed by atoms with Crippen molar-refractivity contribution in [3.05, 3.63) is 52.7 Å². The van der Waals surface area contributed by atoms with Gasteiger partial charge < -0.3 is 20.1 Å². The van der Waals surface area contributed by atoms with E-state index in [0.29, 0.717) is 34.2 Å². The van der Waals surface area contributed by atoms with Gasteiger partial charge in [-0.05, 0) is 77.8 Å². The summed E-state index contributed by atoms with van der Waals surface area (Å²) in [5.41, 5.74) is 7.34. The summed E-state index contributed by atoms with van der Waals surface area (Å²) in [6.07, 6.45) is 3.54. The average Bonchev–Trinajstić information content (AvgIpc) is 3.26. The Labute approximate surface area is 250 Å². The molecule has 0 saturated carbocycles. The zero-order valence-corrected chi connectivity index (χ0v) is 26.0. The van der Waals surface area contributed by atoms with Gasteiger partial charge in [0.2, 0.25) is 5.28 Å². The Hall–Kier alpha value is -3.57. The molecule has 0 aliphatic heterocycles. The van der Waals surface area contributed by atoms with Gasteiger partial charge in [-0.3, -0.25) is 9.58 Å². The quantitative estimate of drug-likeness (QED) is 0.300. The number of anilines is 2. The van der Waals surface area contributed by atoms with Crippen LogP contribution in [0.15, 0.2) is 36.8 Å². The number of hydrogen-bond acceptors (Lipinski definition) is 8. The van der Waals surface area contributed by atoms with Gasteiger partial charge in [-0.2, -0.15) is 5.10 Å². The number of nitrogens with zero attached hydrogens (tertiary/aromatic N) is 6. The highest BCUT2D eigenvalue weighted by Crippen LogP contribution is 2.32. The Morgan fingerprint density at radius 1 is 0.976 bits per heavy atom. The second-order valence-electron chi connectivity index (χ2n) is 11.5. The van der Waals surface area contributed by atoms with E-state index < -0.39 is 23.4 Å². The molecular weight excluding hydrogens is 569 g/mol. The van der Waals surface area contributed by atoms with Gasteiger partial charge in [0.05, 0.1) is 35.3 Å². The van der Waals surface area contributed by atoms with Crippen LogP contribution in [0.5, 0.6) is 0 Å². The van der Waals surface area contributed by atoms with Gasteiger partial charge in [0.1, 0.15) is 11.2 Å². The maximum absolute atomic E-state index is 13.5. The van der Waals surface area contributed by atoms with E-state index in [2.05, 4.69) is 15.1 Å². The van der Waals surface area contributed by atoms with Gasteiger partial charge in [-0.25, -0.2) is 19.6 Å². The van der Waals surface area contributed by atoms with E-state index in [1.165, 1.54) is 22.2 Å². The van der Waals surface area contributed by atoms with Crippen LogP contribution in [-0.4, -0.2) is 67.7 Å². The fourth-order valence-corrected chi connectivity index (χ4v) is 4.10. The molecule has 0 saturated heterocycles. The smallest absolute Gasteiger partial charge is 0.414 e. The predicted octanol–water partition coefficient (Wildman–Crippen LogP) is 6.22. The van der Waals surface area contributed by atoms with E-state index >= 15 is 0 Å². The van der Waals surface area contributed by atoms with Crippen LogP contribution in [0.25, 0.3) is 11.3 Å². The molecule has 2 aromatic heterocycles. The van der Waals surface area contributed by atoms with Gasteiger partial charge in [0.15, 0.2) is 0 Å². The van der Waals surface area contributed by atoms with Crippen molar-refractivity contribution in [3.8, 4) is 11.3 Å². The molecule has 222 valence electrons. The minimum absolute atomic E-state index is 0.0464. The third-order valence-electron chi connectivity index (χ3n) is 5.61. The number of rotatable bonds is 8. The first kappa shape index (κ1) is 32.0. The molecule has 0 fully saturated rings. The molecule has 0 aliphatic rings. The standard InChI is InChI=1S/C28H37Cl2N7O4/c1-18-8-9-20(14-21(18)23-22(29)16-32-24(30)34-23)37(26(39)41-28(5,6)7)13-11-35(25(38)40-27(2,3)4)10-12-36-17-19(31)15-33-36/h8-9,14-17H,10-13,31H2,1-7H3. The van der Waals surface area contributed by atoms with Crippen molar-refractivity contribution in [3.63, 3.8) is 0 Å². The summed E-state index contributed by atoms with van der Waals surface area (Å²) in [6.45, 7) is 13.5. The lowest BCUT2D eigenvalue weighted by Crippen LogP contribution is -2.45. The third-order valence-corrected chi connectivity index (χ3v) is 6.07. The minimum Gasteiger partial charge on any atom is -0.444 e. The molecule has 3 aromatic rings. The van der Waals surface area contributed by atoms with Crippen LogP contribution in [-0.2, 0) is 16.0 Å². The molecule has 41 heavy (non-hydrogen) atoms. The summed E-state index contributed by atoms with van der Waals surface area (Å²) in [7, 11) is 0. The lowest BCUT2D eigenvalue weighted by molar-refractivity contribution is 0.0240. The number of amides is 2. The molecule has 1 aromatic carbocycles. The summed E-state index contributed by atoms with van der Waals surface area (Å²) in [5.74, 6) is 0. The number of hydrogen-bond donors (Lipinski definition) is 1. The largest absolute Gasteiger partial charge is 0.444 e. The van der Waals surface area contributed by atoms with E-state index in [0.717, 1.165) is 5.56 Å². The molecule has 0 radical (unpaired) electrons. The van der Waals surface area contributed by atoms with Gasteiger partial charge in [0.25, 0.3) is 0 Å². The molecule has 11 nitrogen and oxygen atoms in total. The van der Waals surface area contributed by atoms with Crippen LogP contribution in [0.1, 0.15) is 47.1 Å². The molecule has 0 unspecified atom stereocenters. The van der Waals surface area contributed by atoms with Gasteiger partial charge in [-0.1, -0.05) is 17.7 Å². The van der Waals surface area contributed by atoms with E-state index in [4.69, 9.17) is 38.4 Å². The van der Waals surface area contributed by atoms with Gasteiger partial charge >= 0.3 is 12.2 Å². The SMILES string of the molecule is Cc1ccc(N(CCN(CCn2cc(N)cn2)C(=O)OC(C)(C)C)C(=O)OC(C)(C)C)cc1-c1nc(Cl)ncc1Cl. The average molecular weight is 607 g/mol. The number of benzene rings is 1. The highest BCUT2D eigenvalue weighted by molar-refractivity contribution is 6.33. The second-order valence-corrected chi connectivity index (χ2v) is 12.2. The molecule has 3 rings (SSSR count). The van der Waals surface area contributed by atoms with Crippen LogP contribution >= 0.6 is 23.2 Å². The fraction of sp³-hybridized carbons (Fsp3) is 0.464. The number of aryl methyl sites for hydroxylation is 1. The Morgan fingerprint density at radius 2 is 1.63 bits per heavy atom. The number of carbonyl (C=O) groups is 2. The van der Waals surface area contributed by atoms with Crippen molar-refractivity contribution in [2.75, 3.05) is 30.3 Å². The van der Waals surface area contributed by atoms with Crippen LogP contribution in [0, 0.1) is 6.92 Å². The Morgan fingerprint density at radius 3 is 2.24 bits per heavy atom. The minimum atomic E-state index is -0.753. The van der Waals surface area contributed by atoms with E-state index in [1.54, 1.807) is 64.6 Å². The Balaban J connectivity index is 1.95. The first-order valence-electron chi connectivity index (χ1n) is 13.1. The molecule has 2 amide bonds. The van der Waals surface area contributed by atoms with Crippen molar-refractivity contribution in [1.82, 2.24) is 24.6 Å². The molecule has 0 bridgehead atoms. The van der Waals surface area contributed by atoms with Crippen molar-refractivity contribution in [2.24, 2.45) is 0 Å². The molecule has 0 aliphatic carbocycles. The van der Waals surface area contributed by atoms with E-state index in [1.807, 2.05) is 13.0 Å². The van der Waals surface area contributed by atoms with Crippen molar-refractivity contribution >= 4 is 46.8 Å².